The maximum Gasteiger partial charge on any atom is 0.305 e. The van der Waals surface area contributed by atoms with Gasteiger partial charge < -0.3 is 20.1 Å². The van der Waals surface area contributed by atoms with Crippen molar-refractivity contribution >= 4 is 11.9 Å². The van der Waals surface area contributed by atoms with Crippen LogP contribution in [0.2, 0.25) is 0 Å². The predicted molar refractivity (Wildman–Crippen MR) is 124 cm³/mol. The monoisotopic (exact) mass is 454 g/mol. The van der Waals surface area contributed by atoms with E-state index in [1.165, 1.54) is 17.7 Å². The van der Waals surface area contributed by atoms with Gasteiger partial charge in [0.25, 0.3) is 0 Å². The van der Waals surface area contributed by atoms with Crippen molar-refractivity contribution in [2.24, 2.45) is 5.92 Å². The van der Waals surface area contributed by atoms with Crippen molar-refractivity contribution in [3.8, 4) is 5.88 Å². The zero-order valence-corrected chi connectivity index (χ0v) is 19.3. The average molecular weight is 455 g/mol. The number of dihydropyridines is 1. The number of nitrogens with zero attached hydrogens (tertiary/aromatic N) is 2. The van der Waals surface area contributed by atoms with Gasteiger partial charge in [0, 0.05) is 30.4 Å². The molecule has 0 aliphatic carbocycles. The van der Waals surface area contributed by atoms with Gasteiger partial charge in [-0.1, -0.05) is 12.1 Å². The van der Waals surface area contributed by atoms with Crippen molar-refractivity contribution in [2.45, 2.75) is 64.1 Å². The number of allylic oxidation sites excluding steroid dienone is 3. The summed E-state index contributed by atoms with van der Waals surface area (Å²) in [5.41, 5.74) is 3.36. The van der Waals surface area contributed by atoms with Crippen LogP contribution in [0.1, 0.15) is 63.5 Å². The number of nitrogens with one attached hydrogen (secondary N) is 2. The van der Waals surface area contributed by atoms with E-state index < -0.39 is 12.0 Å². The van der Waals surface area contributed by atoms with E-state index in [4.69, 9.17) is 4.74 Å². The van der Waals surface area contributed by atoms with Gasteiger partial charge in [-0.05, 0) is 69.2 Å². The summed E-state index contributed by atoms with van der Waals surface area (Å²) in [5.74, 6) is -0.432. The Balaban J connectivity index is 1.33. The highest BCUT2D eigenvalue weighted by Gasteiger charge is 2.37. The molecule has 0 bridgehead atoms. The summed E-state index contributed by atoms with van der Waals surface area (Å²) in [6.45, 7) is 4.01. The molecule has 3 N–H and O–H groups in total. The quantitative estimate of drug-likeness (QED) is 0.499. The van der Waals surface area contributed by atoms with Crippen molar-refractivity contribution in [3.63, 3.8) is 0 Å². The highest BCUT2D eigenvalue weighted by atomic mass is 16.5. The minimum absolute atomic E-state index is 0.0526. The Bertz CT molecular complexity index is 911. The molecular formula is C25H34N4O4. The normalized spacial score (nSPS) is 23.3. The van der Waals surface area contributed by atoms with Gasteiger partial charge in [-0.2, -0.15) is 0 Å². The number of carboxylic acids is 1. The summed E-state index contributed by atoms with van der Waals surface area (Å²) in [6.07, 6.45) is 11.9. The second-order valence-electron chi connectivity index (χ2n) is 8.95. The van der Waals surface area contributed by atoms with Crippen LogP contribution in [0.15, 0.2) is 41.8 Å². The van der Waals surface area contributed by atoms with Crippen LogP contribution in [0, 0.1) is 5.92 Å². The van der Waals surface area contributed by atoms with Crippen LogP contribution in [-0.2, 0) is 9.59 Å². The maximum absolute atomic E-state index is 13.2. The highest BCUT2D eigenvalue weighted by Crippen LogP contribution is 2.34. The van der Waals surface area contributed by atoms with E-state index in [9.17, 15) is 14.7 Å². The van der Waals surface area contributed by atoms with Crippen LogP contribution in [0.25, 0.3) is 0 Å². The number of rotatable bonds is 10. The molecule has 1 aromatic heterocycles. The predicted octanol–water partition coefficient (Wildman–Crippen LogP) is 3.14. The molecule has 0 aromatic carbocycles. The van der Waals surface area contributed by atoms with Gasteiger partial charge in [-0.3, -0.25) is 14.9 Å². The van der Waals surface area contributed by atoms with Gasteiger partial charge in [0.15, 0.2) is 0 Å². The van der Waals surface area contributed by atoms with E-state index in [2.05, 4.69) is 27.8 Å². The minimum Gasteiger partial charge on any atom is -0.481 e. The lowest BCUT2D eigenvalue weighted by molar-refractivity contribution is -0.140. The van der Waals surface area contributed by atoms with Gasteiger partial charge in [0.05, 0.1) is 25.2 Å². The van der Waals surface area contributed by atoms with Gasteiger partial charge in [0.1, 0.15) is 0 Å². The molecule has 2 fully saturated rings. The number of carboxylic acid groups (broad SMARTS) is 1. The lowest BCUT2D eigenvalue weighted by Gasteiger charge is -2.32. The molecule has 4 rings (SSSR count). The summed E-state index contributed by atoms with van der Waals surface area (Å²) in [5, 5.41) is 16.5. The first-order valence-electron chi connectivity index (χ1n) is 12.1. The number of fused-ring (bicyclic) bond motifs is 1. The molecule has 3 aliphatic heterocycles. The van der Waals surface area contributed by atoms with Gasteiger partial charge >= 0.3 is 5.97 Å². The molecule has 33 heavy (non-hydrogen) atoms. The highest BCUT2D eigenvalue weighted by molar-refractivity contribution is 5.82. The van der Waals surface area contributed by atoms with Crippen LogP contribution < -0.4 is 15.4 Å². The third kappa shape index (κ3) is 5.74. The molecule has 2 saturated heterocycles. The van der Waals surface area contributed by atoms with E-state index in [1.54, 1.807) is 17.2 Å². The fourth-order valence-electron chi connectivity index (χ4n) is 5.01. The zero-order chi connectivity index (χ0) is 23.2. The number of aliphatic carboxylic acids is 1. The Morgan fingerprint density at radius 3 is 3.00 bits per heavy atom. The molecule has 2 unspecified atom stereocenters. The molecule has 0 radical (unpaired) electrons. The van der Waals surface area contributed by atoms with E-state index >= 15 is 0 Å². The third-order valence-electron chi connectivity index (χ3n) is 6.72. The average Bonchev–Trinajstić information content (AvgIpc) is 3.18. The van der Waals surface area contributed by atoms with Gasteiger partial charge in [0.2, 0.25) is 11.8 Å². The fraction of sp³-hybridized carbons (Fsp3) is 0.560. The molecule has 4 heterocycles. The largest absolute Gasteiger partial charge is 0.481 e. The molecule has 0 spiro atoms. The molecule has 8 heteroatoms. The molecule has 8 nitrogen and oxygen atoms in total. The van der Waals surface area contributed by atoms with E-state index in [0.717, 1.165) is 44.2 Å². The number of likely N-dealkylation sites (tertiary alicyclic amines) is 1. The van der Waals surface area contributed by atoms with E-state index in [-0.39, 0.29) is 24.4 Å². The van der Waals surface area contributed by atoms with Gasteiger partial charge in [-0.15, -0.1) is 0 Å². The number of amides is 1. The van der Waals surface area contributed by atoms with Crippen LogP contribution >= 0.6 is 0 Å². The number of carbonyl (C=O) groups is 2. The molecule has 1 aromatic rings. The number of pyridine rings is 1. The Hall–Kier alpha value is -2.87. The standard InChI is InChI=1S/C25H34N4O4/c1-2-33-22-11-9-19(16-27-22)21(15-23(30)31)29-14-12-18(25(29)32)5-3-7-20-10-8-17-6-4-13-26-24(17)28-20/h8-11,16,18,21,24,26,28H,2-7,12-15H2,1H3,(H,30,31)/t18?,21-,24?/m0/s1. The third-order valence-corrected chi connectivity index (χ3v) is 6.72. The summed E-state index contributed by atoms with van der Waals surface area (Å²) in [4.78, 5) is 30.7. The van der Waals surface area contributed by atoms with Crippen molar-refractivity contribution < 1.29 is 19.4 Å². The number of hydrogen-bond donors (Lipinski definition) is 3. The fourth-order valence-corrected chi connectivity index (χ4v) is 5.01. The molecule has 178 valence electrons. The molecule has 0 saturated carbocycles. The Kier molecular flexibility index (Phi) is 7.65. The number of aromatic nitrogens is 1. The second kappa shape index (κ2) is 10.8. The zero-order valence-electron chi connectivity index (χ0n) is 19.3. The van der Waals surface area contributed by atoms with Crippen molar-refractivity contribution in [3.05, 3.63) is 47.3 Å². The summed E-state index contributed by atoms with van der Waals surface area (Å²) < 4.78 is 5.38. The smallest absolute Gasteiger partial charge is 0.305 e. The number of ether oxygens (including phenoxy) is 1. The number of carbonyl (C=O) groups excluding carboxylic acids is 1. The summed E-state index contributed by atoms with van der Waals surface area (Å²) >= 11 is 0. The van der Waals surface area contributed by atoms with E-state index in [0.29, 0.717) is 19.0 Å². The topological polar surface area (TPSA) is 104 Å². The minimum atomic E-state index is -0.927. The lowest BCUT2D eigenvalue weighted by atomic mass is 9.96. The Labute approximate surface area is 195 Å². The van der Waals surface area contributed by atoms with Crippen LogP contribution in [0.5, 0.6) is 5.88 Å². The SMILES string of the molecule is CCOc1ccc([C@H](CC(=O)O)N2CCC(CCCC3=CC=C4CCCNC4N3)C2=O)cn1. The van der Waals surface area contributed by atoms with Crippen LogP contribution in [0.4, 0.5) is 0 Å². The van der Waals surface area contributed by atoms with Crippen molar-refractivity contribution in [1.82, 2.24) is 20.5 Å². The summed E-state index contributed by atoms with van der Waals surface area (Å²) in [7, 11) is 0. The summed E-state index contributed by atoms with van der Waals surface area (Å²) in [6, 6.07) is 3.04. The molecular weight excluding hydrogens is 420 g/mol. The van der Waals surface area contributed by atoms with Crippen LogP contribution in [0.3, 0.4) is 0 Å². The van der Waals surface area contributed by atoms with Gasteiger partial charge in [-0.25, -0.2) is 4.98 Å². The molecule has 1 amide bonds. The maximum atomic E-state index is 13.2. The van der Waals surface area contributed by atoms with Crippen molar-refractivity contribution in [2.75, 3.05) is 19.7 Å². The molecule has 3 aliphatic rings. The molecule has 3 atom stereocenters. The lowest BCUT2D eigenvalue weighted by Crippen LogP contribution is -2.47. The second-order valence-corrected chi connectivity index (χ2v) is 8.95. The Morgan fingerprint density at radius 1 is 1.36 bits per heavy atom. The van der Waals surface area contributed by atoms with Crippen LogP contribution in [-0.4, -0.2) is 52.7 Å². The number of hydrogen-bond acceptors (Lipinski definition) is 6. The Morgan fingerprint density at radius 2 is 2.24 bits per heavy atom. The first-order valence-corrected chi connectivity index (χ1v) is 12.1. The first-order chi connectivity index (χ1) is 16.0. The first kappa shape index (κ1) is 23.3. The van der Waals surface area contributed by atoms with E-state index in [1.807, 2.05) is 13.0 Å². The van der Waals surface area contributed by atoms with Crippen molar-refractivity contribution in [1.29, 1.82) is 0 Å². The number of piperidine rings is 1.